The van der Waals surface area contributed by atoms with Crippen LogP contribution < -0.4 is 5.32 Å². The highest BCUT2D eigenvalue weighted by molar-refractivity contribution is 5.78. The van der Waals surface area contributed by atoms with Gasteiger partial charge in [0.25, 0.3) is 0 Å². The number of aryl methyl sites for hydroxylation is 1. The minimum atomic E-state index is 0.0233. The Labute approximate surface area is 191 Å². The molecule has 1 fully saturated rings. The fraction of sp³-hybridized carbons (Fsp3) is 0.444. The van der Waals surface area contributed by atoms with Crippen LogP contribution in [0.15, 0.2) is 60.3 Å². The summed E-state index contributed by atoms with van der Waals surface area (Å²) in [6.45, 7) is 9.00. The summed E-state index contributed by atoms with van der Waals surface area (Å²) in [5.74, 6) is 1.52. The van der Waals surface area contributed by atoms with E-state index in [9.17, 15) is 4.79 Å². The van der Waals surface area contributed by atoms with E-state index in [1.165, 1.54) is 11.1 Å². The van der Waals surface area contributed by atoms with Crippen molar-refractivity contribution < 1.29 is 4.79 Å². The molecule has 0 saturated carbocycles. The van der Waals surface area contributed by atoms with E-state index >= 15 is 0 Å². The molecule has 1 unspecified atom stereocenters. The molecule has 4 rings (SSSR count). The average Bonchev–Trinajstić information content (AvgIpc) is 2.81. The molecule has 1 amide bonds. The van der Waals surface area contributed by atoms with Gasteiger partial charge in [-0.2, -0.15) is 0 Å². The zero-order valence-corrected chi connectivity index (χ0v) is 19.4. The highest BCUT2D eigenvalue weighted by atomic mass is 16.1. The largest absolute Gasteiger partial charge is 0.349 e. The van der Waals surface area contributed by atoms with Gasteiger partial charge in [-0.25, -0.2) is 9.97 Å². The normalized spacial score (nSPS) is 19.8. The maximum atomic E-state index is 12.1. The summed E-state index contributed by atoms with van der Waals surface area (Å²) in [7, 11) is 0. The second-order valence-electron chi connectivity index (χ2n) is 9.30. The van der Waals surface area contributed by atoms with Crippen LogP contribution in [0.2, 0.25) is 0 Å². The molecule has 1 N–H and O–H groups in total. The molecule has 1 aliphatic heterocycles. The maximum Gasteiger partial charge on any atom is 0.223 e. The SMILES string of the molecule is Cc1nc(-c2ccccc2)ncc1CN1CCC(C2=CC(NC(=O)C(C)C)CC=C2)CC1. The highest BCUT2D eigenvalue weighted by Gasteiger charge is 2.24. The maximum absolute atomic E-state index is 12.1. The lowest BCUT2D eigenvalue weighted by atomic mass is 9.85. The minimum Gasteiger partial charge on any atom is -0.349 e. The molecule has 5 nitrogen and oxygen atoms in total. The number of aromatic nitrogens is 2. The van der Waals surface area contributed by atoms with Crippen LogP contribution in [0, 0.1) is 18.8 Å². The monoisotopic (exact) mass is 430 g/mol. The van der Waals surface area contributed by atoms with E-state index < -0.39 is 0 Å². The third-order valence-electron chi connectivity index (χ3n) is 6.51. The van der Waals surface area contributed by atoms with Crippen LogP contribution in [0.5, 0.6) is 0 Å². The smallest absolute Gasteiger partial charge is 0.223 e. The van der Waals surface area contributed by atoms with Crippen LogP contribution in [0.3, 0.4) is 0 Å². The first-order valence-electron chi connectivity index (χ1n) is 11.8. The van der Waals surface area contributed by atoms with Crippen LogP contribution in [-0.2, 0) is 11.3 Å². The van der Waals surface area contributed by atoms with E-state index in [1.807, 2.05) is 50.4 Å². The number of hydrogen-bond acceptors (Lipinski definition) is 4. The number of nitrogens with one attached hydrogen (secondary N) is 1. The number of amides is 1. The number of nitrogens with zero attached hydrogens (tertiary/aromatic N) is 3. The molecule has 2 aromatic rings. The molecule has 5 heteroatoms. The average molecular weight is 431 g/mol. The first kappa shape index (κ1) is 22.4. The number of carbonyl (C=O) groups excluding carboxylic acids is 1. The number of benzene rings is 1. The number of likely N-dealkylation sites (tertiary alicyclic amines) is 1. The Balaban J connectivity index is 1.33. The Morgan fingerprint density at radius 1 is 1.19 bits per heavy atom. The Morgan fingerprint density at radius 3 is 2.62 bits per heavy atom. The van der Waals surface area contributed by atoms with Crippen molar-refractivity contribution in [1.82, 2.24) is 20.2 Å². The lowest BCUT2D eigenvalue weighted by molar-refractivity contribution is -0.124. The second-order valence-corrected chi connectivity index (χ2v) is 9.30. The number of carbonyl (C=O) groups is 1. The fourth-order valence-electron chi connectivity index (χ4n) is 4.47. The van der Waals surface area contributed by atoms with Gasteiger partial charge in [0.15, 0.2) is 5.82 Å². The molecule has 1 aromatic carbocycles. The molecule has 1 atom stereocenters. The highest BCUT2D eigenvalue weighted by Crippen LogP contribution is 2.29. The van der Waals surface area contributed by atoms with Crippen molar-refractivity contribution in [3.05, 3.63) is 71.6 Å². The van der Waals surface area contributed by atoms with Gasteiger partial charge in [-0.1, -0.05) is 62.4 Å². The molecule has 0 spiro atoms. The Kier molecular flexibility index (Phi) is 7.15. The molecular formula is C27H34N4O. The lowest BCUT2D eigenvalue weighted by Gasteiger charge is -2.34. The van der Waals surface area contributed by atoms with Gasteiger partial charge in [-0.15, -0.1) is 0 Å². The van der Waals surface area contributed by atoms with Gasteiger partial charge in [0, 0.05) is 35.5 Å². The van der Waals surface area contributed by atoms with E-state index in [-0.39, 0.29) is 17.9 Å². The van der Waals surface area contributed by atoms with E-state index in [0.717, 1.165) is 56.0 Å². The Hall–Kier alpha value is -2.79. The van der Waals surface area contributed by atoms with Gasteiger partial charge in [0.2, 0.25) is 5.91 Å². The predicted molar refractivity (Wildman–Crippen MR) is 129 cm³/mol. The zero-order valence-electron chi connectivity index (χ0n) is 19.4. The summed E-state index contributed by atoms with van der Waals surface area (Å²) in [6, 6.07) is 10.3. The summed E-state index contributed by atoms with van der Waals surface area (Å²) in [4.78, 5) is 23.9. The summed E-state index contributed by atoms with van der Waals surface area (Å²) in [6.07, 6.45) is 11.9. The van der Waals surface area contributed by atoms with Crippen LogP contribution >= 0.6 is 0 Å². The van der Waals surface area contributed by atoms with Crippen molar-refractivity contribution in [2.45, 2.75) is 52.6 Å². The van der Waals surface area contributed by atoms with Crippen molar-refractivity contribution in [3.63, 3.8) is 0 Å². The van der Waals surface area contributed by atoms with E-state index in [0.29, 0.717) is 5.92 Å². The molecule has 2 heterocycles. The van der Waals surface area contributed by atoms with Crippen molar-refractivity contribution in [2.24, 2.45) is 11.8 Å². The molecule has 1 saturated heterocycles. The number of allylic oxidation sites excluding steroid dienone is 2. The molecule has 0 radical (unpaired) electrons. The van der Waals surface area contributed by atoms with E-state index in [2.05, 4.69) is 40.4 Å². The molecule has 2 aliphatic rings. The minimum absolute atomic E-state index is 0.0233. The van der Waals surface area contributed by atoms with Crippen LogP contribution in [0.1, 0.15) is 44.4 Å². The first-order valence-corrected chi connectivity index (χ1v) is 11.8. The zero-order chi connectivity index (χ0) is 22.5. The van der Waals surface area contributed by atoms with Crippen molar-refractivity contribution in [3.8, 4) is 11.4 Å². The molecular weight excluding hydrogens is 396 g/mol. The Morgan fingerprint density at radius 2 is 1.94 bits per heavy atom. The van der Waals surface area contributed by atoms with Crippen molar-refractivity contribution in [2.75, 3.05) is 13.1 Å². The van der Waals surface area contributed by atoms with Gasteiger partial charge < -0.3 is 5.32 Å². The molecule has 0 bridgehead atoms. The lowest BCUT2D eigenvalue weighted by Crippen LogP contribution is -2.38. The first-order chi connectivity index (χ1) is 15.5. The number of piperidine rings is 1. The van der Waals surface area contributed by atoms with E-state index in [1.54, 1.807) is 0 Å². The standard InChI is InChI=1S/C27H34N4O/c1-19(2)27(32)30-25-11-7-10-23(16-25)21-12-14-31(15-13-21)18-24-17-28-26(29-20(24)3)22-8-5-4-6-9-22/h4-10,16-17,19,21,25H,11-15,18H2,1-3H3,(H,30,32). The van der Waals surface area contributed by atoms with Crippen LogP contribution in [0.4, 0.5) is 0 Å². The van der Waals surface area contributed by atoms with Crippen molar-refractivity contribution in [1.29, 1.82) is 0 Å². The quantitative estimate of drug-likeness (QED) is 0.722. The molecule has 1 aliphatic carbocycles. The van der Waals surface area contributed by atoms with Gasteiger partial charge in [0.05, 0.1) is 6.04 Å². The number of rotatable bonds is 6. The number of hydrogen-bond donors (Lipinski definition) is 1. The van der Waals surface area contributed by atoms with E-state index in [4.69, 9.17) is 4.98 Å². The van der Waals surface area contributed by atoms with Gasteiger partial charge >= 0.3 is 0 Å². The molecule has 32 heavy (non-hydrogen) atoms. The van der Waals surface area contributed by atoms with Crippen molar-refractivity contribution >= 4 is 5.91 Å². The fourth-order valence-corrected chi connectivity index (χ4v) is 4.47. The summed E-state index contributed by atoms with van der Waals surface area (Å²) >= 11 is 0. The van der Waals surface area contributed by atoms with Crippen LogP contribution in [-0.4, -0.2) is 39.9 Å². The second kappa shape index (κ2) is 10.2. The Bertz CT molecular complexity index is 988. The van der Waals surface area contributed by atoms with Crippen LogP contribution in [0.25, 0.3) is 11.4 Å². The molecule has 1 aromatic heterocycles. The summed E-state index contributed by atoms with van der Waals surface area (Å²) in [5.41, 5.74) is 4.70. The topological polar surface area (TPSA) is 58.1 Å². The third kappa shape index (κ3) is 5.52. The van der Waals surface area contributed by atoms with Gasteiger partial charge in [-0.3, -0.25) is 9.69 Å². The predicted octanol–water partition coefficient (Wildman–Crippen LogP) is 4.69. The summed E-state index contributed by atoms with van der Waals surface area (Å²) < 4.78 is 0. The van der Waals surface area contributed by atoms with Gasteiger partial charge in [0.1, 0.15) is 0 Å². The molecule has 168 valence electrons. The summed E-state index contributed by atoms with van der Waals surface area (Å²) in [5, 5.41) is 3.16. The third-order valence-corrected chi connectivity index (χ3v) is 6.51. The van der Waals surface area contributed by atoms with Gasteiger partial charge in [-0.05, 0) is 50.8 Å².